The van der Waals surface area contributed by atoms with Gasteiger partial charge in [-0.2, -0.15) is 0 Å². The van der Waals surface area contributed by atoms with Crippen molar-refractivity contribution in [2.45, 2.75) is 20.8 Å². The normalized spacial score (nSPS) is 11.4. The van der Waals surface area contributed by atoms with Crippen LogP contribution in [0.3, 0.4) is 0 Å². The second-order valence-corrected chi connectivity index (χ2v) is 9.50. The first-order valence-electron chi connectivity index (χ1n) is 11.3. The van der Waals surface area contributed by atoms with Crippen LogP contribution in [0.15, 0.2) is 78.9 Å². The van der Waals surface area contributed by atoms with E-state index in [9.17, 15) is 0 Å². The molecule has 0 aliphatic rings. The Balaban J connectivity index is 1.53. The summed E-state index contributed by atoms with van der Waals surface area (Å²) >= 11 is 1.75. The molecule has 0 atom stereocenters. The fourth-order valence-corrected chi connectivity index (χ4v) is 5.49. The minimum atomic E-state index is 0.730. The summed E-state index contributed by atoms with van der Waals surface area (Å²) < 4.78 is 2.34. The summed E-state index contributed by atoms with van der Waals surface area (Å²) in [5.41, 5.74) is 8.22. The monoisotopic (exact) mass is 458 g/mol. The van der Waals surface area contributed by atoms with E-state index in [0.717, 1.165) is 61.2 Å². The Morgan fingerprint density at radius 3 is 2.06 bits per heavy atom. The van der Waals surface area contributed by atoms with Crippen LogP contribution < -0.4 is 0 Å². The third-order valence-electron chi connectivity index (χ3n) is 6.18. The first kappa shape index (κ1) is 20.6. The van der Waals surface area contributed by atoms with Crippen molar-refractivity contribution in [2.24, 2.45) is 0 Å². The molecule has 5 heteroatoms. The Bertz CT molecular complexity index is 1670. The molecule has 3 aromatic carbocycles. The summed E-state index contributed by atoms with van der Waals surface area (Å²) in [6.07, 6.45) is 0. The maximum Gasteiger partial charge on any atom is 0.160 e. The number of aryl methyl sites for hydroxylation is 2. The quantitative estimate of drug-likeness (QED) is 0.274. The van der Waals surface area contributed by atoms with Crippen LogP contribution in [0.5, 0.6) is 0 Å². The molecular weight excluding hydrogens is 436 g/mol. The van der Waals surface area contributed by atoms with Gasteiger partial charge in [0.25, 0.3) is 0 Å². The molecule has 0 spiro atoms. The lowest BCUT2D eigenvalue weighted by molar-refractivity contribution is 0.992. The zero-order chi connectivity index (χ0) is 23.2. The SMILES string of the molecule is Cc1nc(C)c(C)c(-c2ccc(-c3nc(-c4ccccc4)c4sc5ccccc5c4n3)cc2)n1. The smallest absolute Gasteiger partial charge is 0.160 e. The van der Waals surface area contributed by atoms with Gasteiger partial charge < -0.3 is 0 Å². The molecule has 34 heavy (non-hydrogen) atoms. The molecule has 3 aromatic heterocycles. The molecule has 0 bridgehead atoms. The predicted molar refractivity (Wildman–Crippen MR) is 141 cm³/mol. The molecular formula is C29H22N4S. The molecule has 0 aliphatic heterocycles. The number of nitrogens with zero attached hydrogens (tertiary/aromatic N) is 4. The predicted octanol–water partition coefficient (Wildman–Crippen LogP) is 7.56. The minimum Gasteiger partial charge on any atom is -0.238 e. The molecule has 0 saturated heterocycles. The third kappa shape index (κ3) is 3.45. The van der Waals surface area contributed by atoms with Crippen LogP contribution in [0, 0.1) is 20.8 Å². The zero-order valence-electron chi connectivity index (χ0n) is 19.2. The summed E-state index contributed by atoms with van der Waals surface area (Å²) in [5, 5.41) is 1.17. The highest BCUT2D eigenvalue weighted by Crippen LogP contribution is 2.39. The minimum absolute atomic E-state index is 0.730. The van der Waals surface area contributed by atoms with Crippen molar-refractivity contribution in [1.29, 1.82) is 0 Å². The number of thiophene rings is 1. The van der Waals surface area contributed by atoms with E-state index in [0.29, 0.717) is 0 Å². The Morgan fingerprint density at radius 2 is 1.26 bits per heavy atom. The maximum atomic E-state index is 5.06. The summed E-state index contributed by atoms with van der Waals surface area (Å²) in [6, 6.07) is 27.2. The summed E-state index contributed by atoms with van der Waals surface area (Å²) in [6.45, 7) is 6.04. The number of hydrogen-bond acceptors (Lipinski definition) is 5. The van der Waals surface area contributed by atoms with E-state index < -0.39 is 0 Å². The van der Waals surface area contributed by atoms with Gasteiger partial charge in [-0.3, -0.25) is 0 Å². The molecule has 0 aliphatic carbocycles. The van der Waals surface area contributed by atoms with Crippen LogP contribution >= 0.6 is 11.3 Å². The van der Waals surface area contributed by atoms with Crippen molar-refractivity contribution in [3.63, 3.8) is 0 Å². The first-order chi connectivity index (χ1) is 16.6. The van der Waals surface area contributed by atoms with Crippen molar-refractivity contribution in [3.05, 3.63) is 95.9 Å². The fraction of sp³-hybridized carbons (Fsp3) is 0.103. The van der Waals surface area contributed by atoms with Gasteiger partial charge in [-0.25, -0.2) is 19.9 Å². The highest BCUT2D eigenvalue weighted by atomic mass is 32.1. The van der Waals surface area contributed by atoms with Crippen LogP contribution in [0.25, 0.3) is 54.2 Å². The number of hydrogen-bond donors (Lipinski definition) is 0. The third-order valence-corrected chi connectivity index (χ3v) is 7.35. The van der Waals surface area contributed by atoms with E-state index in [4.69, 9.17) is 9.97 Å². The second kappa shape index (κ2) is 8.12. The molecule has 0 fully saturated rings. The second-order valence-electron chi connectivity index (χ2n) is 8.44. The lowest BCUT2D eigenvalue weighted by atomic mass is 10.0. The van der Waals surface area contributed by atoms with E-state index in [1.165, 1.54) is 10.1 Å². The van der Waals surface area contributed by atoms with Crippen molar-refractivity contribution >= 4 is 31.6 Å². The summed E-state index contributed by atoms with van der Waals surface area (Å²) in [7, 11) is 0. The molecule has 4 nitrogen and oxygen atoms in total. The van der Waals surface area contributed by atoms with Crippen LogP contribution in [0.1, 0.15) is 17.1 Å². The number of aromatic nitrogens is 4. The summed E-state index contributed by atoms with van der Waals surface area (Å²) in [4.78, 5) is 19.3. The molecule has 0 amide bonds. The van der Waals surface area contributed by atoms with Gasteiger partial charge in [0.05, 0.1) is 21.6 Å². The van der Waals surface area contributed by atoms with Gasteiger partial charge in [0.15, 0.2) is 5.82 Å². The highest BCUT2D eigenvalue weighted by Gasteiger charge is 2.16. The van der Waals surface area contributed by atoms with Crippen molar-refractivity contribution in [3.8, 4) is 33.9 Å². The fourth-order valence-electron chi connectivity index (χ4n) is 4.34. The van der Waals surface area contributed by atoms with Gasteiger partial charge in [-0.15, -0.1) is 11.3 Å². The maximum absolute atomic E-state index is 5.06. The average Bonchev–Trinajstić information content (AvgIpc) is 3.25. The summed E-state index contributed by atoms with van der Waals surface area (Å²) in [5.74, 6) is 1.51. The standard InChI is InChI=1S/C29H22N4S/c1-17-18(2)30-19(3)31-25(17)21-13-15-22(16-14-21)29-32-26(20-9-5-4-6-10-20)28-27(33-29)23-11-7-8-12-24(23)34-28/h4-16H,1-3H3. The van der Waals surface area contributed by atoms with Crippen molar-refractivity contribution < 1.29 is 0 Å². The Hall–Kier alpha value is -3.96. The molecule has 6 aromatic rings. The molecule has 0 saturated carbocycles. The van der Waals surface area contributed by atoms with Crippen molar-refractivity contribution in [1.82, 2.24) is 19.9 Å². The van der Waals surface area contributed by atoms with Crippen LogP contribution in [-0.2, 0) is 0 Å². The molecule has 0 unspecified atom stereocenters. The van der Waals surface area contributed by atoms with Gasteiger partial charge in [-0.1, -0.05) is 72.8 Å². The van der Waals surface area contributed by atoms with Crippen molar-refractivity contribution in [2.75, 3.05) is 0 Å². The molecule has 0 N–H and O–H groups in total. The largest absolute Gasteiger partial charge is 0.238 e. The van der Waals surface area contributed by atoms with Crippen LogP contribution in [-0.4, -0.2) is 19.9 Å². The van der Waals surface area contributed by atoms with Gasteiger partial charge >= 0.3 is 0 Å². The number of benzene rings is 3. The highest BCUT2D eigenvalue weighted by molar-refractivity contribution is 7.26. The molecule has 164 valence electrons. The Morgan fingerprint density at radius 1 is 0.588 bits per heavy atom. The number of rotatable bonds is 3. The van der Waals surface area contributed by atoms with Gasteiger partial charge in [0.1, 0.15) is 5.82 Å². The molecule has 3 heterocycles. The van der Waals surface area contributed by atoms with Crippen LogP contribution in [0.4, 0.5) is 0 Å². The van der Waals surface area contributed by atoms with E-state index in [1.807, 2.05) is 19.9 Å². The molecule has 0 radical (unpaired) electrons. The Labute approximate surface area is 202 Å². The lowest BCUT2D eigenvalue weighted by Crippen LogP contribution is -1.99. The Kier molecular flexibility index (Phi) is 4.93. The number of fused-ring (bicyclic) bond motifs is 3. The first-order valence-corrected chi connectivity index (χ1v) is 12.1. The van der Waals surface area contributed by atoms with Gasteiger partial charge in [0.2, 0.25) is 0 Å². The van der Waals surface area contributed by atoms with E-state index in [2.05, 4.69) is 89.7 Å². The topological polar surface area (TPSA) is 51.6 Å². The van der Waals surface area contributed by atoms with E-state index >= 15 is 0 Å². The average molecular weight is 459 g/mol. The van der Waals surface area contributed by atoms with E-state index in [-0.39, 0.29) is 0 Å². The molecule has 6 rings (SSSR count). The van der Waals surface area contributed by atoms with Gasteiger partial charge in [0, 0.05) is 32.5 Å². The van der Waals surface area contributed by atoms with Crippen LogP contribution in [0.2, 0.25) is 0 Å². The van der Waals surface area contributed by atoms with Gasteiger partial charge in [-0.05, 0) is 32.4 Å². The lowest BCUT2D eigenvalue weighted by Gasteiger charge is -2.10. The zero-order valence-corrected chi connectivity index (χ0v) is 20.0. The van der Waals surface area contributed by atoms with E-state index in [1.54, 1.807) is 11.3 Å².